The Kier molecular flexibility index (Phi) is 2.33. The van der Waals surface area contributed by atoms with Gasteiger partial charge in [0, 0.05) is 0 Å². The van der Waals surface area contributed by atoms with Crippen molar-refractivity contribution < 1.29 is 4.39 Å². The molecule has 1 aromatic rings. The highest BCUT2D eigenvalue weighted by atomic mass is 19.1. The van der Waals surface area contributed by atoms with Crippen molar-refractivity contribution in [2.45, 2.75) is 33.1 Å². The summed E-state index contributed by atoms with van der Waals surface area (Å²) >= 11 is 0. The Hall–Kier alpha value is -1.05. The Bertz CT molecular complexity index is 324. The SMILES string of the molecule is Cc1cc(N)c(F)cc1C(C)(C)C. The molecule has 1 rings (SSSR count). The van der Waals surface area contributed by atoms with Crippen molar-refractivity contribution in [2.75, 3.05) is 5.73 Å². The van der Waals surface area contributed by atoms with E-state index in [-0.39, 0.29) is 16.9 Å². The first-order valence-corrected chi connectivity index (χ1v) is 4.38. The maximum Gasteiger partial charge on any atom is 0.146 e. The van der Waals surface area contributed by atoms with Crippen molar-refractivity contribution >= 4 is 5.69 Å². The number of benzene rings is 1. The normalized spacial score (nSPS) is 11.8. The van der Waals surface area contributed by atoms with Crippen molar-refractivity contribution in [3.8, 4) is 0 Å². The van der Waals surface area contributed by atoms with Gasteiger partial charge in [0.15, 0.2) is 0 Å². The standard InChI is InChI=1S/C11H16FN/c1-7-5-10(13)9(12)6-8(7)11(2,3)4/h5-6H,13H2,1-4H3. The Morgan fingerprint density at radius 1 is 1.23 bits per heavy atom. The number of anilines is 1. The topological polar surface area (TPSA) is 26.0 Å². The maximum absolute atomic E-state index is 13.2. The largest absolute Gasteiger partial charge is 0.396 e. The van der Waals surface area contributed by atoms with Gasteiger partial charge in [-0.2, -0.15) is 0 Å². The highest BCUT2D eigenvalue weighted by molar-refractivity contribution is 5.47. The second kappa shape index (κ2) is 3.02. The second-order valence-electron chi connectivity index (χ2n) is 4.44. The summed E-state index contributed by atoms with van der Waals surface area (Å²) in [6.45, 7) is 8.14. The van der Waals surface area contributed by atoms with Gasteiger partial charge in [-0.3, -0.25) is 0 Å². The smallest absolute Gasteiger partial charge is 0.146 e. The van der Waals surface area contributed by atoms with Crippen LogP contribution in [0.4, 0.5) is 10.1 Å². The molecule has 1 nitrogen and oxygen atoms in total. The molecule has 0 atom stereocenters. The van der Waals surface area contributed by atoms with E-state index in [9.17, 15) is 4.39 Å². The lowest BCUT2D eigenvalue weighted by Crippen LogP contribution is -2.14. The summed E-state index contributed by atoms with van der Waals surface area (Å²) in [7, 11) is 0. The van der Waals surface area contributed by atoms with E-state index in [1.165, 1.54) is 6.07 Å². The second-order valence-corrected chi connectivity index (χ2v) is 4.44. The molecular formula is C11H16FN. The van der Waals surface area contributed by atoms with Crippen LogP contribution in [0.3, 0.4) is 0 Å². The minimum absolute atomic E-state index is 0.0291. The van der Waals surface area contributed by atoms with Gasteiger partial charge in [-0.1, -0.05) is 20.8 Å². The number of hydrogen-bond acceptors (Lipinski definition) is 1. The fourth-order valence-electron chi connectivity index (χ4n) is 1.51. The fraction of sp³-hybridized carbons (Fsp3) is 0.455. The zero-order chi connectivity index (χ0) is 10.2. The van der Waals surface area contributed by atoms with Crippen LogP contribution in [0, 0.1) is 12.7 Å². The van der Waals surface area contributed by atoms with Crippen molar-refractivity contribution in [3.05, 3.63) is 29.1 Å². The third-order valence-corrected chi connectivity index (χ3v) is 2.15. The zero-order valence-corrected chi connectivity index (χ0v) is 8.61. The van der Waals surface area contributed by atoms with Gasteiger partial charge in [-0.05, 0) is 35.6 Å². The molecule has 0 aliphatic heterocycles. The summed E-state index contributed by atoms with van der Waals surface area (Å²) < 4.78 is 13.2. The van der Waals surface area contributed by atoms with Gasteiger partial charge >= 0.3 is 0 Å². The van der Waals surface area contributed by atoms with Crippen LogP contribution in [-0.2, 0) is 5.41 Å². The van der Waals surface area contributed by atoms with Crippen molar-refractivity contribution in [1.29, 1.82) is 0 Å². The van der Waals surface area contributed by atoms with E-state index in [0.29, 0.717) is 0 Å². The summed E-state index contributed by atoms with van der Waals surface area (Å²) in [5.74, 6) is -0.324. The summed E-state index contributed by atoms with van der Waals surface area (Å²) in [5, 5.41) is 0. The van der Waals surface area contributed by atoms with Crippen LogP contribution < -0.4 is 5.73 Å². The quantitative estimate of drug-likeness (QED) is 0.612. The van der Waals surface area contributed by atoms with E-state index in [2.05, 4.69) is 20.8 Å². The Morgan fingerprint density at radius 3 is 2.23 bits per heavy atom. The van der Waals surface area contributed by atoms with Gasteiger partial charge in [0.05, 0.1) is 5.69 Å². The molecule has 1 aromatic carbocycles. The average molecular weight is 181 g/mol. The van der Waals surface area contributed by atoms with Crippen LogP contribution in [0.2, 0.25) is 0 Å². The van der Waals surface area contributed by atoms with E-state index >= 15 is 0 Å². The first-order chi connectivity index (χ1) is 5.82. The summed E-state index contributed by atoms with van der Waals surface area (Å²) in [5.41, 5.74) is 7.72. The highest BCUT2D eigenvalue weighted by Crippen LogP contribution is 2.28. The van der Waals surface area contributed by atoms with Gasteiger partial charge in [-0.25, -0.2) is 4.39 Å². The van der Waals surface area contributed by atoms with Crippen molar-refractivity contribution in [2.24, 2.45) is 0 Å². The monoisotopic (exact) mass is 181 g/mol. The Morgan fingerprint density at radius 2 is 1.77 bits per heavy atom. The zero-order valence-electron chi connectivity index (χ0n) is 8.61. The predicted molar refractivity (Wildman–Crippen MR) is 54.2 cm³/mol. The molecule has 2 N–H and O–H groups in total. The molecule has 0 aromatic heterocycles. The lowest BCUT2D eigenvalue weighted by molar-refractivity contribution is 0.570. The van der Waals surface area contributed by atoms with Gasteiger partial charge in [0.1, 0.15) is 5.82 Å². The van der Waals surface area contributed by atoms with Crippen LogP contribution in [0.1, 0.15) is 31.9 Å². The first-order valence-electron chi connectivity index (χ1n) is 4.38. The molecule has 2 heteroatoms. The molecule has 0 heterocycles. The molecule has 0 unspecified atom stereocenters. The van der Waals surface area contributed by atoms with E-state index < -0.39 is 0 Å². The molecule has 0 saturated heterocycles. The van der Waals surface area contributed by atoms with E-state index in [4.69, 9.17) is 5.73 Å². The molecule has 0 aliphatic carbocycles. The van der Waals surface area contributed by atoms with E-state index in [0.717, 1.165) is 11.1 Å². The Balaban J connectivity index is 3.32. The molecule has 0 fully saturated rings. The number of halogens is 1. The average Bonchev–Trinajstić information content (AvgIpc) is 1.94. The van der Waals surface area contributed by atoms with Gasteiger partial charge in [0.25, 0.3) is 0 Å². The predicted octanol–water partition coefficient (Wildman–Crippen LogP) is 3.01. The molecule has 0 saturated carbocycles. The van der Waals surface area contributed by atoms with Crippen molar-refractivity contribution in [1.82, 2.24) is 0 Å². The van der Waals surface area contributed by atoms with Crippen LogP contribution in [-0.4, -0.2) is 0 Å². The van der Waals surface area contributed by atoms with E-state index in [1.54, 1.807) is 6.07 Å². The first kappa shape index (κ1) is 10.0. The number of rotatable bonds is 0. The molecule has 0 spiro atoms. The number of nitrogen functional groups attached to an aromatic ring is 1. The third kappa shape index (κ3) is 2.00. The van der Waals surface area contributed by atoms with Gasteiger partial charge < -0.3 is 5.73 Å². The van der Waals surface area contributed by atoms with Gasteiger partial charge in [-0.15, -0.1) is 0 Å². The Labute approximate surface area is 78.8 Å². The lowest BCUT2D eigenvalue weighted by Gasteiger charge is -2.22. The van der Waals surface area contributed by atoms with Crippen LogP contribution in [0.5, 0.6) is 0 Å². The summed E-state index contributed by atoms with van der Waals surface area (Å²) in [4.78, 5) is 0. The fourth-order valence-corrected chi connectivity index (χ4v) is 1.51. The molecule has 72 valence electrons. The molecule has 13 heavy (non-hydrogen) atoms. The molecule has 0 aliphatic rings. The minimum atomic E-state index is -0.324. The summed E-state index contributed by atoms with van der Waals surface area (Å²) in [6, 6.07) is 3.22. The number of hydrogen-bond donors (Lipinski definition) is 1. The molecule has 0 amide bonds. The minimum Gasteiger partial charge on any atom is -0.396 e. The van der Waals surface area contributed by atoms with Crippen LogP contribution in [0.25, 0.3) is 0 Å². The van der Waals surface area contributed by atoms with Gasteiger partial charge in [0.2, 0.25) is 0 Å². The number of aryl methyl sites for hydroxylation is 1. The summed E-state index contributed by atoms with van der Waals surface area (Å²) in [6.07, 6.45) is 0. The molecule has 0 radical (unpaired) electrons. The third-order valence-electron chi connectivity index (χ3n) is 2.15. The van der Waals surface area contributed by atoms with Crippen molar-refractivity contribution in [3.63, 3.8) is 0 Å². The molecular weight excluding hydrogens is 165 g/mol. The van der Waals surface area contributed by atoms with E-state index in [1.807, 2.05) is 6.92 Å². The van der Waals surface area contributed by atoms with Crippen LogP contribution >= 0.6 is 0 Å². The number of nitrogens with two attached hydrogens (primary N) is 1. The lowest BCUT2D eigenvalue weighted by atomic mass is 9.84. The van der Waals surface area contributed by atoms with Crippen LogP contribution in [0.15, 0.2) is 12.1 Å². The maximum atomic E-state index is 13.2. The highest BCUT2D eigenvalue weighted by Gasteiger charge is 2.17. The molecule has 0 bridgehead atoms.